The Hall–Kier alpha value is -1.14. The van der Waals surface area contributed by atoms with E-state index in [1.165, 1.54) is 0 Å². The molecule has 0 heterocycles. The molecular formula is C6H3F3O6S3. The third-order valence-electron chi connectivity index (χ3n) is 1.33. The summed E-state index contributed by atoms with van der Waals surface area (Å²) >= 11 is -0.445. The van der Waals surface area contributed by atoms with E-state index in [1.54, 1.807) is 0 Å². The first-order chi connectivity index (χ1) is 8.09. The summed E-state index contributed by atoms with van der Waals surface area (Å²) in [4.78, 5) is -0.380. The third kappa shape index (κ3) is 5.46. The van der Waals surface area contributed by atoms with E-state index in [9.17, 15) is 28.5 Å². The Kier molecular flexibility index (Phi) is 4.34. The second-order valence-electron chi connectivity index (χ2n) is 2.67. The quantitative estimate of drug-likeness (QED) is 0.764. The highest BCUT2D eigenvalue weighted by molar-refractivity contribution is 7.94. The molecule has 1 aromatic rings. The molecule has 0 unspecified atom stereocenters. The molecular weight excluding hydrogens is 321 g/mol. The zero-order valence-corrected chi connectivity index (χ0v) is 10.5. The topological polar surface area (TPSA) is 86.7 Å². The van der Waals surface area contributed by atoms with E-state index in [0.29, 0.717) is 6.07 Å². The van der Waals surface area contributed by atoms with Crippen LogP contribution in [0, 0.1) is 0 Å². The molecule has 0 atom stereocenters. The molecule has 0 aliphatic heterocycles. The zero-order valence-electron chi connectivity index (χ0n) is 8.04. The van der Waals surface area contributed by atoms with Crippen LogP contribution >= 0.6 is 12.1 Å². The van der Waals surface area contributed by atoms with Crippen molar-refractivity contribution < 1.29 is 36.9 Å². The van der Waals surface area contributed by atoms with Gasteiger partial charge in [-0.2, -0.15) is 20.7 Å². The summed E-state index contributed by atoms with van der Waals surface area (Å²) in [5.41, 5.74) is 0. The molecule has 1 rings (SSSR count). The minimum Gasteiger partial charge on any atom is -0.358 e. The van der Waals surface area contributed by atoms with Crippen LogP contribution in [0.2, 0.25) is 0 Å². The lowest BCUT2D eigenvalue weighted by Crippen LogP contribution is -2.04. The Balaban J connectivity index is 3.17. The molecule has 0 bridgehead atoms. The number of hydrogen-bond acceptors (Lipinski definition) is 7. The molecule has 0 aliphatic rings. The van der Waals surface area contributed by atoms with Crippen molar-refractivity contribution in [2.24, 2.45) is 0 Å². The second kappa shape index (κ2) is 5.24. The van der Waals surface area contributed by atoms with Gasteiger partial charge in [-0.15, -0.1) is 0 Å². The van der Waals surface area contributed by atoms with Crippen molar-refractivity contribution in [2.75, 3.05) is 0 Å². The van der Waals surface area contributed by atoms with E-state index in [1.807, 2.05) is 0 Å². The number of hydrogen-bond donors (Lipinski definition) is 0. The van der Waals surface area contributed by atoms with Gasteiger partial charge in [0.1, 0.15) is 11.5 Å². The Morgan fingerprint density at radius 3 is 1.56 bits per heavy atom. The minimum atomic E-state index is -5.39. The summed E-state index contributed by atoms with van der Waals surface area (Å²) in [5, 5.41) is 0. The van der Waals surface area contributed by atoms with Gasteiger partial charge in [0, 0.05) is 11.0 Å². The Bertz CT molecular complexity index is 588. The summed E-state index contributed by atoms with van der Waals surface area (Å²) in [6.07, 6.45) is 0. The molecule has 0 amide bonds. The minimum absolute atomic E-state index is 0.380. The lowest BCUT2D eigenvalue weighted by atomic mass is 10.3. The van der Waals surface area contributed by atoms with Crippen LogP contribution in [0.4, 0.5) is 11.7 Å². The lowest BCUT2D eigenvalue weighted by Gasteiger charge is -2.05. The molecule has 0 spiro atoms. The fourth-order valence-corrected chi connectivity index (χ4v) is 1.89. The smallest absolute Gasteiger partial charge is 0.358 e. The first-order valence-corrected chi connectivity index (χ1v) is 7.14. The molecule has 102 valence electrons. The Morgan fingerprint density at radius 2 is 1.28 bits per heavy atom. The van der Waals surface area contributed by atoms with Crippen molar-refractivity contribution in [3.63, 3.8) is 0 Å². The van der Waals surface area contributed by atoms with Crippen molar-refractivity contribution in [2.45, 2.75) is 4.90 Å². The van der Waals surface area contributed by atoms with E-state index in [-0.39, 0.29) is 4.90 Å². The molecule has 0 saturated carbocycles. The van der Waals surface area contributed by atoms with Gasteiger partial charge >= 0.3 is 21.0 Å². The molecule has 0 aromatic heterocycles. The lowest BCUT2D eigenvalue weighted by molar-refractivity contribution is 0.431. The molecule has 18 heavy (non-hydrogen) atoms. The van der Waals surface area contributed by atoms with Gasteiger partial charge in [0.15, 0.2) is 0 Å². The summed E-state index contributed by atoms with van der Waals surface area (Å²) in [6, 6.07) is 2.02. The van der Waals surface area contributed by atoms with Crippen molar-refractivity contribution in [3.05, 3.63) is 18.2 Å². The van der Waals surface area contributed by atoms with Crippen LogP contribution in [-0.4, -0.2) is 16.8 Å². The average Bonchev–Trinajstić information content (AvgIpc) is 2.11. The normalized spacial score (nSPS) is 12.2. The number of benzene rings is 1. The van der Waals surface area contributed by atoms with E-state index in [4.69, 9.17) is 0 Å². The van der Waals surface area contributed by atoms with Gasteiger partial charge in [-0.25, -0.2) is 0 Å². The molecule has 1 aromatic carbocycles. The molecule has 0 N–H and O–H groups in total. The Labute approximate surface area is 105 Å². The summed E-state index contributed by atoms with van der Waals surface area (Å²) < 4.78 is 84.8. The second-order valence-corrected chi connectivity index (χ2v) is 5.20. The molecule has 6 nitrogen and oxygen atoms in total. The largest absolute Gasteiger partial charge is 0.488 e. The van der Waals surface area contributed by atoms with Gasteiger partial charge in [-0.05, 0) is 12.1 Å². The van der Waals surface area contributed by atoms with E-state index in [2.05, 4.69) is 8.37 Å². The SMILES string of the molecule is O=S(=O)(F)Oc1cc(OS(=O)(=O)F)cc(SF)c1. The van der Waals surface area contributed by atoms with Crippen LogP contribution in [-0.2, 0) is 21.0 Å². The van der Waals surface area contributed by atoms with E-state index >= 15 is 0 Å². The van der Waals surface area contributed by atoms with Gasteiger partial charge in [0.05, 0.1) is 12.1 Å². The molecule has 12 heteroatoms. The molecule has 0 fully saturated rings. The highest BCUT2D eigenvalue weighted by Gasteiger charge is 2.16. The van der Waals surface area contributed by atoms with Crippen molar-refractivity contribution in [1.29, 1.82) is 0 Å². The highest BCUT2D eigenvalue weighted by Crippen LogP contribution is 2.31. The van der Waals surface area contributed by atoms with Gasteiger partial charge < -0.3 is 8.37 Å². The first-order valence-electron chi connectivity index (χ1n) is 3.81. The third-order valence-corrected chi connectivity index (χ3v) is 2.53. The zero-order chi connectivity index (χ0) is 14.0. The average molecular weight is 324 g/mol. The van der Waals surface area contributed by atoms with Crippen LogP contribution in [0.5, 0.6) is 11.5 Å². The Morgan fingerprint density at radius 1 is 0.889 bits per heavy atom. The summed E-state index contributed by atoms with van der Waals surface area (Å²) in [6.45, 7) is 0. The van der Waals surface area contributed by atoms with Crippen molar-refractivity contribution >= 4 is 33.2 Å². The van der Waals surface area contributed by atoms with Gasteiger partial charge in [0.25, 0.3) is 0 Å². The van der Waals surface area contributed by atoms with Gasteiger partial charge in [0.2, 0.25) is 0 Å². The fourth-order valence-electron chi connectivity index (χ4n) is 0.916. The maximum Gasteiger partial charge on any atom is 0.488 e. The van der Waals surface area contributed by atoms with E-state index < -0.39 is 44.7 Å². The molecule has 0 aliphatic carbocycles. The monoisotopic (exact) mass is 324 g/mol. The standard InChI is InChI=1S/C6H3F3O6S3/c7-16-6-2-4(14-17(8,10)11)1-5(3-6)15-18(9,12)13/h1-3H. The highest BCUT2D eigenvalue weighted by atomic mass is 32.3. The molecule has 0 saturated heterocycles. The van der Waals surface area contributed by atoms with Crippen LogP contribution in [0.25, 0.3) is 0 Å². The van der Waals surface area contributed by atoms with Crippen LogP contribution in [0.15, 0.2) is 23.1 Å². The van der Waals surface area contributed by atoms with Crippen LogP contribution in [0.3, 0.4) is 0 Å². The fraction of sp³-hybridized carbons (Fsp3) is 0. The molecule has 0 radical (unpaired) electrons. The predicted molar refractivity (Wildman–Crippen MR) is 54.7 cm³/mol. The van der Waals surface area contributed by atoms with Gasteiger partial charge in [-0.3, -0.25) is 0 Å². The number of rotatable bonds is 5. The van der Waals surface area contributed by atoms with Crippen LogP contribution < -0.4 is 8.37 Å². The first kappa shape index (κ1) is 14.9. The number of halogens is 3. The summed E-state index contributed by atoms with van der Waals surface area (Å²) in [7, 11) is -10.8. The van der Waals surface area contributed by atoms with Crippen molar-refractivity contribution in [3.8, 4) is 11.5 Å². The van der Waals surface area contributed by atoms with Crippen LogP contribution in [0.1, 0.15) is 0 Å². The van der Waals surface area contributed by atoms with Gasteiger partial charge in [-0.1, -0.05) is 7.77 Å². The maximum absolute atomic E-state index is 12.3. The maximum atomic E-state index is 12.3. The summed E-state index contributed by atoms with van der Waals surface area (Å²) in [5.74, 6) is -1.56. The predicted octanol–water partition coefficient (Wildman–Crippen LogP) is 1.85. The van der Waals surface area contributed by atoms with Crippen molar-refractivity contribution in [1.82, 2.24) is 0 Å². The van der Waals surface area contributed by atoms with E-state index in [0.717, 1.165) is 12.1 Å².